The lowest BCUT2D eigenvalue weighted by molar-refractivity contribution is 0.0988. The van der Waals surface area contributed by atoms with Gasteiger partial charge in [-0.05, 0) is 24.3 Å². The smallest absolute Gasteiger partial charge is 0.180 e. The molecule has 4 nitrogen and oxygen atoms in total. The van der Waals surface area contributed by atoms with Crippen molar-refractivity contribution in [2.75, 3.05) is 13.7 Å². The van der Waals surface area contributed by atoms with Crippen LogP contribution in [0.4, 0.5) is 0 Å². The molecule has 0 aliphatic rings. The van der Waals surface area contributed by atoms with Crippen molar-refractivity contribution in [3.8, 4) is 5.75 Å². The average molecular weight is 256 g/mol. The largest absolute Gasteiger partial charge is 0.496 e. The molecule has 1 aromatic carbocycles. The summed E-state index contributed by atoms with van der Waals surface area (Å²) in [4.78, 5) is 16.2. The maximum absolute atomic E-state index is 12.1. The third-order valence-electron chi connectivity index (χ3n) is 2.73. The maximum Gasteiger partial charge on any atom is 0.180 e. The molecule has 2 aromatic rings. The van der Waals surface area contributed by atoms with Gasteiger partial charge in [-0.1, -0.05) is 18.2 Å². The lowest BCUT2D eigenvalue weighted by Gasteiger charge is -2.08. The molecule has 0 fully saturated rings. The highest BCUT2D eigenvalue weighted by Gasteiger charge is 2.10. The number of para-hydroxylation sites is 1. The molecule has 4 heteroatoms. The third kappa shape index (κ3) is 3.63. The molecule has 2 rings (SSSR count). The Balaban J connectivity index is 1.91. The number of carbonyl (C=O) groups is 1. The van der Waals surface area contributed by atoms with Gasteiger partial charge < -0.3 is 10.1 Å². The topological polar surface area (TPSA) is 51.2 Å². The minimum atomic E-state index is 0.00776. The number of ketones is 1. The molecule has 0 bridgehead atoms. The van der Waals surface area contributed by atoms with Crippen LogP contribution in [0.15, 0.2) is 48.7 Å². The van der Waals surface area contributed by atoms with Crippen LogP contribution in [0, 0.1) is 0 Å². The van der Waals surface area contributed by atoms with E-state index in [9.17, 15) is 4.79 Å². The Kier molecular flexibility index (Phi) is 4.64. The van der Waals surface area contributed by atoms with Crippen molar-refractivity contribution in [3.63, 3.8) is 0 Å². The number of ether oxygens (including phenoxy) is 1. The van der Waals surface area contributed by atoms with E-state index in [1.165, 1.54) is 0 Å². The molecular weight excluding hydrogens is 240 g/mol. The van der Waals surface area contributed by atoms with E-state index in [1.807, 2.05) is 30.3 Å². The van der Waals surface area contributed by atoms with Crippen molar-refractivity contribution in [1.82, 2.24) is 10.3 Å². The standard InChI is InChI=1S/C15H16N2O2/c1-19-15-8-3-2-7-13(15)14(18)11-16-10-12-6-4-5-9-17-12/h2-9,16H,10-11H2,1H3. The van der Waals surface area contributed by atoms with Crippen molar-refractivity contribution >= 4 is 5.78 Å². The number of nitrogens with zero attached hydrogens (tertiary/aromatic N) is 1. The Labute approximate surface area is 112 Å². The minimum absolute atomic E-state index is 0.00776. The van der Waals surface area contributed by atoms with E-state index in [0.717, 1.165) is 5.69 Å². The summed E-state index contributed by atoms with van der Waals surface area (Å²) in [7, 11) is 1.56. The minimum Gasteiger partial charge on any atom is -0.496 e. The van der Waals surface area contributed by atoms with Gasteiger partial charge in [0.2, 0.25) is 0 Å². The molecule has 0 spiro atoms. The maximum atomic E-state index is 12.1. The second-order valence-electron chi connectivity index (χ2n) is 4.05. The highest BCUT2D eigenvalue weighted by atomic mass is 16.5. The van der Waals surface area contributed by atoms with Gasteiger partial charge in [-0.3, -0.25) is 9.78 Å². The molecule has 0 saturated heterocycles. The summed E-state index contributed by atoms with van der Waals surface area (Å²) < 4.78 is 5.17. The van der Waals surface area contributed by atoms with E-state index in [1.54, 1.807) is 25.4 Å². The second kappa shape index (κ2) is 6.66. The van der Waals surface area contributed by atoms with Crippen LogP contribution < -0.4 is 10.1 Å². The van der Waals surface area contributed by atoms with E-state index in [2.05, 4.69) is 10.3 Å². The number of hydrogen-bond donors (Lipinski definition) is 1. The number of nitrogens with one attached hydrogen (secondary N) is 1. The Morgan fingerprint density at radius 3 is 2.74 bits per heavy atom. The first-order valence-electron chi connectivity index (χ1n) is 6.08. The first-order chi connectivity index (χ1) is 9.31. The molecule has 0 atom stereocenters. The van der Waals surface area contributed by atoms with Crippen LogP contribution in [0.3, 0.4) is 0 Å². The van der Waals surface area contributed by atoms with Gasteiger partial charge >= 0.3 is 0 Å². The summed E-state index contributed by atoms with van der Waals surface area (Å²) in [5.74, 6) is 0.612. The summed E-state index contributed by atoms with van der Waals surface area (Å²) in [6.07, 6.45) is 1.74. The summed E-state index contributed by atoms with van der Waals surface area (Å²) in [6, 6.07) is 12.9. The van der Waals surface area contributed by atoms with Gasteiger partial charge in [0.05, 0.1) is 24.9 Å². The summed E-state index contributed by atoms with van der Waals surface area (Å²) >= 11 is 0. The predicted octanol–water partition coefficient (Wildman–Crippen LogP) is 2.06. The van der Waals surface area contributed by atoms with Crippen LogP contribution in [-0.4, -0.2) is 24.4 Å². The predicted molar refractivity (Wildman–Crippen MR) is 73.3 cm³/mol. The summed E-state index contributed by atoms with van der Waals surface area (Å²) in [5, 5.41) is 3.08. The van der Waals surface area contributed by atoms with E-state index >= 15 is 0 Å². The average Bonchev–Trinajstić information content (AvgIpc) is 2.48. The van der Waals surface area contributed by atoms with Gasteiger partial charge in [0.1, 0.15) is 5.75 Å². The van der Waals surface area contributed by atoms with Crippen LogP contribution in [0.5, 0.6) is 5.75 Å². The molecular formula is C15H16N2O2. The van der Waals surface area contributed by atoms with Crippen LogP contribution in [0.25, 0.3) is 0 Å². The van der Waals surface area contributed by atoms with Crippen molar-refractivity contribution in [2.24, 2.45) is 0 Å². The van der Waals surface area contributed by atoms with Gasteiger partial charge in [-0.15, -0.1) is 0 Å². The van der Waals surface area contributed by atoms with E-state index in [-0.39, 0.29) is 12.3 Å². The molecule has 1 heterocycles. The van der Waals surface area contributed by atoms with E-state index in [0.29, 0.717) is 17.9 Å². The number of carbonyl (C=O) groups excluding carboxylic acids is 1. The van der Waals surface area contributed by atoms with E-state index in [4.69, 9.17) is 4.74 Å². The SMILES string of the molecule is COc1ccccc1C(=O)CNCc1ccccn1. The monoisotopic (exact) mass is 256 g/mol. The Morgan fingerprint density at radius 2 is 2.00 bits per heavy atom. The normalized spacial score (nSPS) is 10.2. The molecule has 1 aromatic heterocycles. The van der Waals surface area contributed by atoms with Gasteiger partial charge in [0.25, 0.3) is 0 Å². The van der Waals surface area contributed by atoms with Crippen molar-refractivity contribution in [3.05, 3.63) is 59.9 Å². The number of pyridine rings is 1. The number of benzene rings is 1. The third-order valence-corrected chi connectivity index (χ3v) is 2.73. The van der Waals surface area contributed by atoms with Crippen molar-refractivity contribution in [2.45, 2.75) is 6.54 Å². The van der Waals surface area contributed by atoms with E-state index < -0.39 is 0 Å². The van der Waals surface area contributed by atoms with Gasteiger partial charge in [0.15, 0.2) is 5.78 Å². The molecule has 0 aliphatic carbocycles. The first kappa shape index (κ1) is 13.2. The molecule has 1 N–H and O–H groups in total. The highest BCUT2D eigenvalue weighted by molar-refractivity contribution is 6.00. The zero-order chi connectivity index (χ0) is 13.5. The van der Waals surface area contributed by atoms with Crippen molar-refractivity contribution in [1.29, 1.82) is 0 Å². The number of hydrogen-bond acceptors (Lipinski definition) is 4. The van der Waals surface area contributed by atoms with Gasteiger partial charge in [-0.25, -0.2) is 0 Å². The fourth-order valence-corrected chi connectivity index (χ4v) is 1.78. The van der Waals surface area contributed by atoms with Gasteiger partial charge in [0, 0.05) is 12.7 Å². The van der Waals surface area contributed by atoms with Crippen LogP contribution in [0.1, 0.15) is 16.1 Å². The molecule has 98 valence electrons. The summed E-state index contributed by atoms with van der Waals surface area (Å²) in [5.41, 5.74) is 1.51. The number of rotatable bonds is 6. The number of Topliss-reactive ketones (excluding diaryl/α,β-unsaturated/α-hetero) is 1. The zero-order valence-electron chi connectivity index (χ0n) is 10.8. The van der Waals surface area contributed by atoms with Crippen LogP contribution in [-0.2, 0) is 6.54 Å². The molecule has 0 amide bonds. The van der Waals surface area contributed by atoms with Crippen LogP contribution in [0.2, 0.25) is 0 Å². The van der Waals surface area contributed by atoms with Crippen LogP contribution >= 0.6 is 0 Å². The molecule has 0 unspecified atom stereocenters. The lowest BCUT2D eigenvalue weighted by atomic mass is 10.1. The Bertz CT molecular complexity index is 541. The second-order valence-corrected chi connectivity index (χ2v) is 4.05. The van der Waals surface area contributed by atoms with Crippen molar-refractivity contribution < 1.29 is 9.53 Å². The fourth-order valence-electron chi connectivity index (χ4n) is 1.78. The number of methoxy groups -OCH3 is 1. The fraction of sp³-hybridized carbons (Fsp3) is 0.200. The van der Waals surface area contributed by atoms with Gasteiger partial charge in [-0.2, -0.15) is 0 Å². The molecule has 0 radical (unpaired) electrons. The highest BCUT2D eigenvalue weighted by Crippen LogP contribution is 2.17. The summed E-state index contributed by atoms with van der Waals surface area (Å²) in [6.45, 7) is 0.832. The molecule has 19 heavy (non-hydrogen) atoms. The molecule has 0 aliphatic heterocycles. The Hall–Kier alpha value is -2.20. The Morgan fingerprint density at radius 1 is 1.21 bits per heavy atom. The zero-order valence-corrected chi connectivity index (χ0v) is 10.8. The quantitative estimate of drug-likeness (QED) is 0.804. The first-order valence-corrected chi connectivity index (χ1v) is 6.08. The number of aromatic nitrogens is 1. The molecule has 0 saturated carbocycles. The lowest BCUT2D eigenvalue weighted by Crippen LogP contribution is -2.23.